The SMILES string of the molecule is C[n+]1cn(CC(F)(F)F)nc1[S-]. The molecule has 0 bridgehead atoms. The Morgan fingerprint density at radius 2 is 2.25 bits per heavy atom. The lowest BCUT2D eigenvalue weighted by molar-refractivity contribution is -0.709. The topological polar surface area (TPSA) is 21.7 Å². The summed E-state index contributed by atoms with van der Waals surface area (Å²) in [6.45, 7) is -1.10. The average molecular weight is 197 g/mol. The van der Waals surface area contributed by atoms with Crippen molar-refractivity contribution in [2.45, 2.75) is 17.9 Å². The van der Waals surface area contributed by atoms with Crippen molar-refractivity contribution in [3.8, 4) is 0 Å². The van der Waals surface area contributed by atoms with Gasteiger partial charge in [-0.15, -0.1) is 4.68 Å². The Labute approximate surface area is 72.2 Å². The third-order valence-corrected chi connectivity index (χ3v) is 1.53. The van der Waals surface area contributed by atoms with Gasteiger partial charge in [0.2, 0.25) is 6.33 Å². The van der Waals surface area contributed by atoms with Gasteiger partial charge in [-0.25, -0.2) is 0 Å². The van der Waals surface area contributed by atoms with E-state index in [0.717, 1.165) is 4.68 Å². The highest BCUT2D eigenvalue weighted by Gasteiger charge is 2.31. The second-order valence-corrected chi connectivity index (χ2v) is 2.69. The summed E-state index contributed by atoms with van der Waals surface area (Å²) in [7, 11) is 1.54. The van der Waals surface area contributed by atoms with E-state index in [-0.39, 0.29) is 5.16 Å². The minimum Gasteiger partial charge on any atom is -0.703 e. The van der Waals surface area contributed by atoms with Crippen LogP contribution in [0.1, 0.15) is 0 Å². The highest BCUT2D eigenvalue weighted by molar-refractivity contribution is 7.58. The van der Waals surface area contributed by atoms with E-state index in [1.54, 1.807) is 7.05 Å². The van der Waals surface area contributed by atoms with Crippen LogP contribution in [0, 0.1) is 0 Å². The van der Waals surface area contributed by atoms with Gasteiger partial charge in [0.15, 0.2) is 11.7 Å². The van der Waals surface area contributed by atoms with Crippen LogP contribution in [0.15, 0.2) is 11.5 Å². The first kappa shape index (κ1) is 9.24. The third kappa shape index (κ3) is 2.33. The van der Waals surface area contributed by atoms with Crippen LogP contribution in [0.5, 0.6) is 0 Å². The van der Waals surface area contributed by atoms with E-state index in [1.165, 1.54) is 10.9 Å². The second-order valence-electron chi connectivity index (χ2n) is 2.32. The van der Waals surface area contributed by atoms with Crippen molar-refractivity contribution in [2.75, 3.05) is 0 Å². The van der Waals surface area contributed by atoms with E-state index in [2.05, 4.69) is 17.7 Å². The molecular formula is C5H6F3N3S. The molecular weight excluding hydrogens is 191 g/mol. The van der Waals surface area contributed by atoms with Crippen molar-refractivity contribution in [2.24, 2.45) is 7.05 Å². The molecule has 68 valence electrons. The fraction of sp³-hybridized carbons (Fsp3) is 0.600. The summed E-state index contributed by atoms with van der Waals surface area (Å²) in [6.07, 6.45) is -3.05. The Morgan fingerprint density at radius 3 is 2.58 bits per heavy atom. The molecule has 0 saturated heterocycles. The number of hydrogen-bond donors (Lipinski definition) is 0. The van der Waals surface area contributed by atoms with Gasteiger partial charge < -0.3 is 12.6 Å². The molecule has 0 saturated carbocycles. The fourth-order valence-electron chi connectivity index (χ4n) is 0.715. The van der Waals surface area contributed by atoms with E-state index >= 15 is 0 Å². The summed E-state index contributed by atoms with van der Waals surface area (Å²) in [5.74, 6) is 0. The van der Waals surface area contributed by atoms with Crippen molar-refractivity contribution in [1.82, 2.24) is 9.78 Å². The van der Waals surface area contributed by atoms with Gasteiger partial charge in [-0.3, -0.25) is 4.57 Å². The zero-order valence-corrected chi connectivity index (χ0v) is 6.98. The quantitative estimate of drug-likeness (QED) is 0.473. The van der Waals surface area contributed by atoms with E-state index in [4.69, 9.17) is 0 Å². The van der Waals surface area contributed by atoms with Gasteiger partial charge in [0, 0.05) is 5.10 Å². The van der Waals surface area contributed by atoms with Gasteiger partial charge in [0.1, 0.15) is 0 Å². The molecule has 0 aliphatic rings. The van der Waals surface area contributed by atoms with E-state index < -0.39 is 12.7 Å². The van der Waals surface area contributed by atoms with E-state index in [0.29, 0.717) is 0 Å². The summed E-state index contributed by atoms with van der Waals surface area (Å²) < 4.78 is 37.4. The second kappa shape index (κ2) is 2.89. The Kier molecular flexibility index (Phi) is 2.22. The Bertz CT molecular complexity index is 260. The van der Waals surface area contributed by atoms with Crippen LogP contribution in [0.3, 0.4) is 0 Å². The van der Waals surface area contributed by atoms with Crippen LogP contribution in [0.2, 0.25) is 0 Å². The number of rotatable bonds is 1. The van der Waals surface area contributed by atoms with Gasteiger partial charge in [0.05, 0.1) is 7.05 Å². The Balaban J connectivity index is 2.77. The Hall–Kier alpha value is -0.850. The van der Waals surface area contributed by atoms with E-state index in [1.807, 2.05) is 0 Å². The maximum Gasteiger partial charge on any atom is 0.422 e. The number of halogens is 3. The van der Waals surface area contributed by atoms with Crippen LogP contribution >= 0.6 is 0 Å². The van der Waals surface area contributed by atoms with Gasteiger partial charge in [-0.2, -0.15) is 13.2 Å². The molecule has 0 atom stereocenters. The average Bonchev–Trinajstić information content (AvgIpc) is 2.07. The first-order valence-corrected chi connectivity index (χ1v) is 3.46. The van der Waals surface area contributed by atoms with Crippen molar-refractivity contribution in [3.05, 3.63) is 6.33 Å². The van der Waals surface area contributed by atoms with Crippen molar-refractivity contribution >= 4 is 12.6 Å². The molecule has 0 radical (unpaired) electrons. The monoisotopic (exact) mass is 197 g/mol. The van der Waals surface area contributed by atoms with Crippen LogP contribution < -0.4 is 4.57 Å². The van der Waals surface area contributed by atoms with Crippen LogP contribution in [-0.4, -0.2) is 16.0 Å². The first-order valence-electron chi connectivity index (χ1n) is 3.05. The lowest BCUT2D eigenvalue weighted by Gasteiger charge is -1.99. The lowest BCUT2D eigenvalue weighted by atomic mass is 10.6. The number of aromatic nitrogens is 3. The van der Waals surface area contributed by atoms with Gasteiger partial charge >= 0.3 is 6.18 Å². The van der Waals surface area contributed by atoms with Crippen LogP contribution in [-0.2, 0) is 26.2 Å². The molecule has 0 spiro atoms. The maximum atomic E-state index is 11.8. The molecule has 0 fully saturated rings. The fourth-order valence-corrected chi connectivity index (χ4v) is 0.867. The van der Waals surface area contributed by atoms with Crippen molar-refractivity contribution < 1.29 is 17.7 Å². The minimum absolute atomic E-state index is 0.138. The number of hydrogen-bond acceptors (Lipinski definition) is 2. The minimum atomic E-state index is -4.25. The summed E-state index contributed by atoms with van der Waals surface area (Å²) in [5, 5.41) is 3.61. The van der Waals surface area contributed by atoms with Gasteiger partial charge in [-0.05, 0) is 0 Å². The molecule has 1 aromatic rings. The molecule has 0 amide bonds. The number of aryl methyl sites for hydroxylation is 1. The lowest BCUT2D eigenvalue weighted by Crippen LogP contribution is -2.28. The number of nitrogens with zero attached hydrogens (tertiary/aromatic N) is 3. The third-order valence-electron chi connectivity index (χ3n) is 1.16. The van der Waals surface area contributed by atoms with Crippen molar-refractivity contribution in [1.29, 1.82) is 0 Å². The highest BCUT2D eigenvalue weighted by Crippen LogP contribution is 2.16. The van der Waals surface area contributed by atoms with Gasteiger partial charge in [-0.1, -0.05) is 0 Å². The van der Waals surface area contributed by atoms with Crippen molar-refractivity contribution in [3.63, 3.8) is 0 Å². The number of alkyl halides is 3. The molecule has 0 aliphatic heterocycles. The summed E-state index contributed by atoms with van der Waals surface area (Å²) in [4.78, 5) is 0. The standard InChI is InChI=1S/C5H6F3N3S/c1-10-3-11(9-4(10)12)2-5(6,7)8/h3H,2H2,1H3. The normalized spacial score (nSPS) is 12.0. The molecule has 1 rings (SSSR count). The molecule has 0 N–H and O–H groups in total. The molecule has 1 aromatic heterocycles. The van der Waals surface area contributed by atoms with Crippen LogP contribution in [0.4, 0.5) is 13.2 Å². The zero-order chi connectivity index (χ0) is 9.35. The van der Waals surface area contributed by atoms with Crippen LogP contribution in [0.25, 0.3) is 0 Å². The predicted octanol–water partition coefficient (Wildman–Crippen LogP) is 0.176. The molecule has 0 aromatic carbocycles. The molecule has 12 heavy (non-hydrogen) atoms. The van der Waals surface area contributed by atoms with Gasteiger partial charge in [0.25, 0.3) is 0 Å². The predicted molar refractivity (Wildman–Crippen MR) is 35.1 cm³/mol. The first-order chi connectivity index (χ1) is 5.38. The Morgan fingerprint density at radius 1 is 1.67 bits per heavy atom. The summed E-state index contributed by atoms with van der Waals surface area (Å²) in [6, 6.07) is 0. The molecule has 1 heterocycles. The summed E-state index contributed by atoms with van der Waals surface area (Å²) >= 11 is 4.63. The highest BCUT2D eigenvalue weighted by atomic mass is 32.1. The largest absolute Gasteiger partial charge is 0.703 e. The smallest absolute Gasteiger partial charge is 0.422 e. The zero-order valence-electron chi connectivity index (χ0n) is 6.17. The molecule has 7 heteroatoms. The summed E-state index contributed by atoms with van der Waals surface area (Å²) in [5.41, 5.74) is 0. The van der Waals surface area contributed by atoms with E-state index in [9.17, 15) is 13.2 Å². The molecule has 0 unspecified atom stereocenters. The molecule has 0 aliphatic carbocycles. The molecule has 3 nitrogen and oxygen atoms in total. The maximum absolute atomic E-state index is 11.8.